The van der Waals surface area contributed by atoms with Crippen LogP contribution in [0.2, 0.25) is 5.15 Å². The first-order chi connectivity index (χ1) is 9.90. The molecule has 0 spiro atoms. The van der Waals surface area contributed by atoms with E-state index in [1.165, 1.54) is 4.90 Å². The number of aromatic nitrogens is 2. The van der Waals surface area contributed by atoms with Crippen LogP contribution in [-0.2, 0) is 14.3 Å². The molecule has 0 saturated carbocycles. The second kappa shape index (κ2) is 7.78. The van der Waals surface area contributed by atoms with Crippen LogP contribution in [0.1, 0.15) is 30.0 Å². The van der Waals surface area contributed by atoms with Gasteiger partial charge in [-0.3, -0.25) is 4.79 Å². The molecule has 0 radical (unpaired) electrons. The summed E-state index contributed by atoms with van der Waals surface area (Å²) in [6.45, 7) is 5.46. The Kier molecular flexibility index (Phi) is 6.36. The quantitative estimate of drug-likeness (QED) is 0.582. The number of anilines is 1. The van der Waals surface area contributed by atoms with Crippen LogP contribution in [0.15, 0.2) is 0 Å². The normalized spacial score (nSPS) is 10.1. The minimum atomic E-state index is -0.631. The molecular weight excluding hydrogens is 298 g/mol. The summed E-state index contributed by atoms with van der Waals surface area (Å²) in [5.74, 6) is -0.437. The number of hydrogen-bond donors (Lipinski definition) is 0. The Morgan fingerprint density at radius 1 is 1.19 bits per heavy atom. The summed E-state index contributed by atoms with van der Waals surface area (Å²) >= 11 is 6.01. The van der Waals surface area contributed by atoms with Crippen LogP contribution < -0.4 is 4.90 Å². The molecule has 1 heterocycles. The molecule has 0 aliphatic heterocycles. The minimum Gasteiger partial charge on any atom is -0.465 e. The van der Waals surface area contributed by atoms with Crippen molar-refractivity contribution in [1.29, 1.82) is 0 Å². The summed E-state index contributed by atoms with van der Waals surface area (Å²) in [4.78, 5) is 33.1. The lowest BCUT2D eigenvalue weighted by molar-refractivity contribution is -0.141. The fraction of sp³-hybridized carbons (Fsp3) is 0.538. The zero-order valence-corrected chi connectivity index (χ0v) is 13.2. The Bertz CT molecular complexity index is 536. The minimum absolute atomic E-state index is 0.00772. The highest BCUT2D eigenvalue weighted by molar-refractivity contribution is 6.33. The average molecular weight is 316 g/mol. The van der Waals surface area contributed by atoms with Gasteiger partial charge in [-0.15, -0.1) is 0 Å². The van der Waals surface area contributed by atoms with Crippen molar-refractivity contribution < 1.29 is 19.1 Å². The molecule has 0 aromatic carbocycles. The number of ether oxygens (including phenoxy) is 2. The van der Waals surface area contributed by atoms with Crippen molar-refractivity contribution in [3.05, 3.63) is 16.5 Å². The van der Waals surface area contributed by atoms with Crippen molar-refractivity contribution in [2.45, 2.75) is 20.8 Å². The molecule has 0 unspecified atom stereocenters. The van der Waals surface area contributed by atoms with Gasteiger partial charge in [-0.1, -0.05) is 11.6 Å². The van der Waals surface area contributed by atoms with Gasteiger partial charge in [0.15, 0.2) is 0 Å². The van der Waals surface area contributed by atoms with Crippen molar-refractivity contribution in [1.82, 2.24) is 9.97 Å². The third kappa shape index (κ3) is 4.56. The first-order valence-electron chi connectivity index (χ1n) is 6.48. The van der Waals surface area contributed by atoms with Gasteiger partial charge in [-0.25, -0.2) is 14.8 Å². The van der Waals surface area contributed by atoms with Gasteiger partial charge in [0.25, 0.3) is 0 Å². The highest BCUT2D eigenvalue weighted by Gasteiger charge is 2.24. The molecule has 116 valence electrons. The molecule has 21 heavy (non-hydrogen) atoms. The van der Waals surface area contributed by atoms with Crippen LogP contribution in [0.4, 0.5) is 5.82 Å². The average Bonchev–Trinajstić information content (AvgIpc) is 2.37. The first-order valence-corrected chi connectivity index (χ1v) is 6.86. The third-order valence-corrected chi connectivity index (χ3v) is 2.74. The van der Waals surface area contributed by atoms with Gasteiger partial charge in [-0.2, -0.15) is 0 Å². The van der Waals surface area contributed by atoms with E-state index < -0.39 is 11.9 Å². The zero-order chi connectivity index (χ0) is 16.0. The van der Waals surface area contributed by atoms with Gasteiger partial charge in [0.1, 0.15) is 28.9 Å². The summed E-state index contributed by atoms with van der Waals surface area (Å²) in [5.41, 5.74) is 0.0379. The molecule has 0 aliphatic carbocycles. The van der Waals surface area contributed by atoms with Crippen molar-refractivity contribution in [2.24, 2.45) is 0 Å². The molecule has 0 atom stereocenters. The fourth-order valence-corrected chi connectivity index (χ4v) is 1.94. The highest BCUT2D eigenvalue weighted by Crippen LogP contribution is 2.24. The molecule has 0 saturated heterocycles. The lowest BCUT2D eigenvalue weighted by Crippen LogP contribution is -2.30. The smallest absolute Gasteiger partial charge is 0.345 e. The van der Waals surface area contributed by atoms with E-state index in [-0.39, 0.29) is 36.3 Å². The molecule has 8 heteroatoms. The summed E-state index contributed by atoms with van der Waals surface area (Å²) in [7, 11) is 1.61. The molecule has 0 aliphatic rings. The Morgan fingerprint density at radius 2 is 1.81 bits per heavy atom. The number of carbonyl (C=O) groups excluding carboxylic acids is 2. The Labute approximate surface area is 128 Å². The van der Waals surface area contributed by atoms with E-state index in [1.807, 2.05) is 0 Å². The molecule has 1 aromatic heterocycles. The largest absolute Gasteiger partial charge is 0.465 e. The van der Waals surface area contributed by atoms with Crippen molar-refractivity contribution in [3.63, 3.8) is 0 Å². The fourth-order valence-electron chi connectivity index (χ4n) is 1.65. The first kappa shape index (κ1) is 17.2. The summed E-state index contributed by atoms with van der Waals surface area (Å²) < 4.78 is 9.81. The van der Waals surface area contributed by atoms with Crippen LogP contribution in [0, 0.1) is 6.92 Å². The number of hydrogen-bond acceptors (Lipinski definition) is 7. The van der Waals surface area contributed by atoms with Crippen LogP contribution in [-0.4, -0.2) is 48.7 Å². The second-order valence-electron chi connectivity index (χ2n) is 4.14. The van der Waals surface area contributed by atoms with Gasteiger partial charge in [0, 0.05) is 7.05 Å². The van der Waals surface area contributed by atoms with Gasteiger partial charge >= 0.3 is 11.9 Å². The maximum atomic E-state index is 12.0. The molecule has 1 rings (SSSR count). The van der Waals surface area contributed by atoms with E-state index in [0.717, 1.165) is 0 Å². The number of aryl methyl sites for hydroxylation is 1. The number of rotatable bonds is 6. The monoisotopic (exact) mass is 315 g/mol. The van der Waals surface area contributed by atoms with E-state index in [4.69, 9.17) is 21.1 Å². The third-order valence-electron chi connectivity index (χ3n) is 2.47. The topological polar surface area (TPSA) is 81.6 Å². The summed E-state index contributed by atoms with van der Waals surface area (Å²) in [5, 5.41) is -0.00772. The molecular formula is C13H18ClN3O4. The predicted molar refractivity (Wildman–Crippen MR) is 77.6 cm³/mol. The number of nitrogens with zero attached hydrogens (tertiary/aromatic N) is 3. The van der Waals surface area contributed by atoms with Crippen LogP contribution in [0.3, 0.4) is 0 Å². The number of carbonyl (C=O) groups is 2. The maximum Gasteiger partial charge on any atom is 0.345 e. The van der Waals surface area contributed by atoms with Crippen molar-refractivity contribution >= 4 is 29.4 Å². The van der Waals surface area contributed by atoms with Gasteiger partial charge in [-0.05, 0) is 20.8 Å². The zero-order valence-electron chi connectivity index (χ0n) is 12.5. The van der Waals surface area contributed by atoms with Gasteiger partial charge in [0.05, 0.1) is 13.2 Å². The van der Waals surface area contributed by atoms with Crippen molar-refractivity contribution in [3.8, 4) is 0 Å². The summed E-state index contributed by atoms with van der Waals surface area (Å²) in [6, 6.07) is 0. The predicted octanol–water partition coefficient (Wildman–Crippen LogP) is 1.61. The lowest BCUT2D eigenvalue weighted by Gasteiger charge is -2.20. The number of likely N-dealkylation sites (N-methyl/N-ethyl adjacent to an activating group) is 1. The molecule has 0 amide bonds. The highest BCUT2D eigenvalue weighted by atomic mass is 35.5. The standard InChI is InChI=1S/C13H18ClN3O4/c1-5-20-9(18)7-17(4)12-10(13(19)21-6-2)11(14)15-8(3)16-12/h5-7H2,1-4H3. The Morgan fingerprint density at radius 3 is 2.38 bits per heavy atom. The maximum absolute atomic E-state index is 12.0. The molecule has 0 fully saturated rings. The van der Waals surface area contributed by atoms with Crippen LogP contribution in [0.25, 0.3) is 0 Å². The lowest BCUT2D eigenvalue weighted by atomic mass is 10.3. The van der Waals surface area contributed by atoms with E-state index in [9.17, 15) is 9.59 Å². The van der Waals surface area contributed by atoms with Gasteiger partial charge < -0.3 is 14.4 Å². The Balaban J connectivity index is 3.14. The second-order valence-corrected chi connectivity index (χ2v) is 4.50. The van der Waals surface area contributed by atoms with E-state index in [0.29, 0.717) is 5.82 Å². The van der Waals surface area contributed by atoms with Crippen LogP contribution in [0.5, 0.6) is 0 Å². The van der Waals surface area contributed by atoms with Gasteiger partial charge in [0.2, 0.25) is 0 Å². The van der Waals surface area contributed by atoms with E-state index in [1.54, 1.807) is 27.8 Å². The molecule has 0 bridgehead atoms. The number of halogens is 1. The molecule has 0 N–H and O–H groups in total. The van der Waals surface area contributed by atoms with E-state index >= 15 is 0 Å². The number of esters is 2. The SMILES string of the molecule is CCOC(=O)CN(C)c1nc(C)nc(Cl)c1C(=O)OCC. The van der Waals surface area contributed by atoms with Crippen molar-refractivity contribution in [2.75, 3.05) is 31.7 Å². The summed E-state index contributed by atoms with van der Waals surface area (Å²) in [6.07, 6.45) is 0. The Hall–Kier alpha value is -1.89. The van der Waals surface area contributed by atoms with Crippen LogP contribution >= 0.6 is 11.6 Å². The van der Waals surface area contributed by atoms with E-state index in [2.05, 4.69) is 9.97 Å². The molecule has 1 aromatic rings. The molecule has 7 nitrogen and oxygen atoms in total.